The van der Waals surface area contributed by atoms with Crippen LogP contribution in [0.4, 0.5) is 11.6 Å². The Morgan fingerprint density at radius 2 is 2.11 bits per heavy atom. The van der Waals surface area contributed by atoms with Crippen molar-refractivity contribution >= 4 is 11.6 Å². The number of nitrogens with one attached hydrogen (secondary N) is 2. The second-order valence-corrected chi connectivity index (χ2v) is 6.36. The van der Waals surface area contributed by atoms with Crippen LogP contribution in [0.1, 0.15) is 18.5 Å². The zero-order chi connectivity index (χ0) is 19.5. The Hall–Kier alpha value is -3.71. The summed E-state index contributed by atoms with van der Waals surface area (Å²) in [4.78, 5) is 12.4. The maximum atomic E-state index is 8.80. The lowest BCUT2D eigenvalue weighted by molar-refractivity contribution is 0.0962. The van der Waals surface area contributed by atoms with Gasteiger partial charge in [-0.3, -0.25) is 5.10 Å². The van der Waals surface area contributed by atoms with Gasteiger partial charge in [0.1, 0.15) is 29.3 Å². The summed E-state index contributed by atoms with van der Waals surface area (Å²) in [6, 6.07) is 5.65. The first-order valence-electron chi connectivity index (χ1n) is 8.66. The minimum Gasteiger partial charge on any atom is -0.496 e. The number of anilines is 2. The van der Waals surface area contributed by atoms with Crippen LogP contribution in [0.3, 0.4) is 0 Å². The highest BCUT2D eigenvalue weighted by molar-refractivity contribution is 5.74. The van der Waals surface area contributed by atoms with Gasteiger partial charge in [-0.05, 0) is 18.9 Å². The van der Waals surface area contributed by atoms with Gasteiger partial charge in [0, 0.05) is 18.3 Å². The predicted octanol–water partition coefficient (Wildman–Crippen LogP) is 1.75. The van der Waals surface area contributed by atoms with Crippen LogP contribution in [-0.2, 0) is 0 Å². The van der Waals surface area contributed by atoms with Gasteiger partial charge in [0.2, 0.25) is 5.88 Å². The Kier molecular flexibility index (Phi) is 4.74. The van der Waals surface area contributed by atoms with E-state index in [1.807, 2.05) is 6.07 Å². The molecular formula is C18H18N8O2. The van der Waals surface area contributed by atoms with Gasteiger partial charge >= 0.3 is 0 Å². The third-order valence-corrected chi connectivity index (χ3v) is 4.38. The fraction of sp³-hybridized carbons (Fsp3) is 0.278. The van der Waals surface area contributed by atoms with Crippen LogP contribution in [0, 0.1) is 11.3 Å². The summed E-state index contributed by atoms with van der Waals surface area (Å²) in [6.07, 6.45) is 6.12. The van der Waals surface area contributed by atoms with Crippen LogP contribution in [0.2, 0.25) is 0 Å². The molecular weight excluding hydrogens is 360 g/mol. The summed E-state index contributed by atoms with van der Waals surface area (Å²) in [5.74, 6) is 2.07. The van der Waals surface area contributed by atoms with E-state index in [-0.39, 0.29) is 17.8 Å². The van der Waals surface area contributed by atoms with Gasteiger partial charge in [0.25, 0.3) is 0 Å². The number of nitrogens with two attached hydrogens (primary N) is 1. The van der Waals surface area contributed by atoms with Crippen molar-refractivity contribution in [1.82, 2.24) is 25.1 Å². The quantitative estimate of drug-likeness (QED) is 0.583. The van der Waals surface area contributed by atoms with E-state index in [0.29, 0.717) is 34.5 Å². The number of nitriles is 1. The van der Waals surface area contributed by atoms with Crippen LogP contribution in [0.15, 0.2) is 30.7 Å². The average molecular weight is 378 g/mol. The van der Waals surface area contributed by atoms with Crippen molar-refractivity contribution in [1.29, 1.82) is 5.26 Å². The smallest absolute Gasteiger partial charge is 0.227 e. The van der Waals surface area contributed by atoms with Crippen LogP contribution < -0.4 is 20.5 Å². The molecule has 1 aliphatic carbocycles. The minimum atomic E-state index is 0.0443. The molecule has 0 bridgehead atoms. The van der Waals surface area contributed by atoms with E-state index < -0.39 is 0 Å². The molecule has 1 fully saturated rings. The molecule has 28 heavy (non-hydrogen) atoms. The van der Waals surface area contributed by atoms with Gasteiger partial charge in [-0.15, -0.1) is 0 Å². The Balaban J connectivity index is 1.59. The molecule has 0 aliphatic heterocycles. The lowest BCUT2D eigenvalue weighted by Crippen LogP contribution is -2.43. The molecule has 1 saturated carbocycles. The molecule has 0 saturated heterocycles. The number of rotatable bonds is 6. The molecule has 3 aromatic rings. The molecule has 142 valence electrons. The van der Waals surface area contributed by atoms with Crippen molar-refractivity contribution in [3.63, 3.8) is 0 Å². The Labute approximate surface area is 160 Å². The van der Waals surface area contributed by atoms with E-state index in [0.717, 1.165) is 12.8 Å². The maximum Gasteiger partial charge on any atom is 0.227 e. The number of ether oxygens (including phenoxy) is 2. The molecule has 0 unspecified atom stereocenters. The Morgan fingerprint density at radius 3 is 2.79 bits per heavy atom. The topological polar surface area (TPSA) is 148 Å². The Morgan fingerprint density at radius 1 is 1.25 bits per heavy atom. The van der Waals surface area contributed by atoms with Gasteiger partial charge in [-0.25, -0.2) is 15.0 Å². The summed E-state index contributed by atoms with van der Waals surface area (Å²) in [5, 5.41) is 19.0. The first kappa shape index (κ1) is 17.7. The van der Waals surface area contributed by atoms with Crippen molar-refractivity contribution in [2.24, 2.45) is 5.73 Å². The van der Waals surface area contributed by atoms with E-state index in [9.17, 15) is 0 Å². The Bertz CT molecular complexity index is 1010. The summed E-state index contributed by atoms with van der Waals surface area (Å²) in [7, 11) is 1.59. The fourth-order valence-electron chi connectivity index (χ4n) is 2.89. The molecule has 0 spiro atoms. The third-order valence-electron chi connectivity index (χ3n) is 4.38. The van der Waals surface area contributed by atoms with E-state index >= 15 is 0 Å². The average Bonchev–Trinajstić information content (AvgIpc) is 3.15. The standard InChI is InChI=1S/C18H18N8O2/c1-27-14-2-3-21-18(28-12-4-10(20)5-12)17(14)13-6-15(26-25-13)24-16-9-22-11(7-19)8-23-16/h2-3,6,8-10,12H,4-5,20H2,1H3,(H2,23,24,25,26)/t10-,12-. The predicted molar refractivity (Wildman–Crippen MR) is 100 cm³/mol. The van der Waals surface area contributed by atoms with Crippen molar-refractivity contribution in [3.05, 3.63) is 36.4 Å². The zero-order valence-corrected chi connectivity index (χ0v) is 15.1. The van der Waals surface area contributed by atoms with Crippen LogP contribution in [0.5, 0.6) is 11.6 Å². The molecule has 3 aromatic heterocycles. The molecule has 4 rings (SSSR count). The largest absolute Gasteiger partial charge is 0.496 e. The number of aromatic nitrogens is 5. The molecule has 0 aromatic carbocycles. The normalized spacial score (nSPS) is 18.0. The summed E-state index contributed by atoms with van der Waals surface area (Å²) >= 11 is 0. The lowest BCUT2D eigenvalue weighted by atomic mass is 9.90. The van der Waals surface area contributed by atoms with Crippen molar-refractivity contribution < 1.29 is 9.47 Å². The van der Waals surface area contributed by atoms with Crippen molar-refractivity contribution in [2.45, 2.75) is 25.0 Å². The van der Waals surface area contributed by atoms with E-state index in [4.69, 9.17) is 20.5 Å². The number of hydrogen-bond donors (Lipinski definition) is 3. The molecule has 0 radical (unpaired) electrons. The molecule has 10 heteroatoms. The number of H-pyrrole nitrogens is 1. The SMILES string of the molecule is COc1ccnc(O[C@H]2C[C@H](N)C2)c1-c1cc(Nc2cnc(C#N)cn2)n[nH]1. The number of pyridine rings is 1. The third kappa shape index (κ3) is 3.56. The lowest BCUT2D eigenvalue weighted by Gasteiger charge is -2.32. The minimum absolute atomic E-state index is 0.0443. The fourth-order valence-corrected chi connectivity index (χ4v) is 2.89. The second-order valence-electron chi connectivity index (χ2n) is 6.36. The monoisotopic (exact) mass is 378 g/mol. The molecule has 1 aliphatic rings. The highest BCUT2D eigenvalue weighted by Gasteiger charge is 2.29. The number of aromatic amines is 1. The van der Waals surface area contributed by atoms with Crippen LogP contribution in [-0.4, -0.2) is 44.4 Å². The van der Waals surface area contributed by atoms with Crippen LogP contribution in [0.25, 0.3) is 11.3 Å². The molecule has 3 heterocycles. The van der Waals surface area contributed by atoms with E-state index in [1.54, 1.807) is 25.4 Å². The summed E-state index contributed by atoms with van der Waals surface area (Å²) in [5.41, 5.74) is 7.44. The number of nitrogens with zero attached hydrogens (tertiary/aromatic N) is 5. The van der Waals surface area contributed by atoms with Gasteiger partial charge < -0.3 is 20.5 Å². The summed E-state index contributed by atoms with van der Waals surface area (Å²) in [6.45, 7) is 0. The zero-order valence-electron chi connectivity index (χ0n) is 15.1. The van der Waals surface area contributed by atoms with Gasteiger partial charge in [0.05, 0.1) is 25.2 Å². The van der Waals surface area contributed by atoms with Crippen LogP contribution >= 0.6 is 0 Å². The highest BCUT2D eigenvalue weighted by Crippen LogP contribution is 2.38. The van der Waals surface area contributed by atoms with Gasteiger partial charge in [-0.2, -0.15) is 10.4 Å². The van der Waals surface area contributed by atoms with Crippen molar-refractivity contribution in [2.75, 3.05) is 12.4 Å². The first-order chi connectivity index (χ1) is 13.7. The maximum absolute atomic E-state index is 8.80. The summed E-state index contributed by atoms with van der Waals surface area (Å²) < 4.78 is 11.5. The molecule has 10 nitrogen and oxygen atoms in total. The molecule has 0 atom stereocenters. The van der Waals surface area contributed by atoms with Crippen molar-refractivity contribution in [3.8, 4) is 29.0 Å². The second kappa shape index (κ2) is 7.50. The van der Waals surface area contributed by atoms with Gasteiger partial charge in [0.15, 0.2) is 11.5 Å². The molecule has 4 N–H and O–H groups in total. The van der Waals surface area contributed by atoms with Gasteiger partial charge in [-0.1, -0.05) is 0 Å². The number of methoxy groups -OCH3 is 1. The van der Waals surface area contributed by atoms with E-state index in [2.05, 4.69) is 30.5 Å². The molecule has 0 amide bonds. The first-order valence-corrected chi connectivity index (χ1v) is 8.66. The highest BCUT2D eigenvalue weighted by atomic mass is 16.5. The number of hydrogen-bond acceptors (Lipinski definition) is 9. The van der Waals surface area contributed by atoms with E-state index in [1.165, 1.54) is 12.4 Å².